The second-order valence-electron chi connectivity index (χ2n) is 7.86. The summed E-state index contributed by atoms with van der Waals surface area (Å²) < 4.78 is 19.3. The third kappa shape index (κ3) is 4.93. The molecule has 3 rings (SSSR count). The van der Waals surface area contributed by atoms with Crippen LogP contribution in [0.5, 0.6) is 0 Å². The molecule has 2 atom stereocenters. The monoisotopic (exact) mass is 418 g/mol. The third-order valence-electron chi connectivity index (χ3n) is 4.98. The molecule has 1 fully saturated rings. The second-order valence-corrected chi connectivity index (χ2v) is 7.86. The molecule has 2 aromatic rings. The van der Waals surface area contributed by atoms with Crippen LogP contribution in [0.3, 0.4) is 0 Å². The van der Waals surface area contributed by atoms with Gasteiger partial charge < -0.3 is 25.3 Å². The molecule has 0 radical (unpaired) electrons. The molecular weight excluding hydrogens is 391 g/mol. The number of rotatable bonds is 7. The van der Waals surface area contributed by atoms with Crippen LogP contribution in [0.25, 0.3) is 11.2 Å². The number of aromatic amines is 1. The number of amides is 2. The van der Waals surface area contributed by atoms with Crippen LogP contribution in [-0.4, -0.2) is 76.2 Å². The number of H-pyrrole nitrogens is 1. The number of hydrogen-bond acceptors (Lipinski definition) is 6. The number of hydrogen-bond donors (Lipinski definition) is 3. The fourth-order valence-corrected chi connectivity index (χ4v) is 3.36. The van der Waals surface area contributed by atoms with Crippen molar-refractivity contribution in [1.29, 1.82) is 0 Å². The number of carbonyl (C=O) groups is 2. The van der Waals surface area contributed by atoms with Gasteiger partial charge in [-0.05, 0) is 26.3 Å². The number of nitrogens with zero attached hydrogens (tertiary/aromatic N) is 3. The number of nitrogens with one attached hydrogen (secondary N) is 3. The molecule has 0 saturated carbocycles. The number of fused-ring (bicyclic) bond motifs is 1. The minimum absolute atomic E-state index is 0.0841. The predicted molar refractivity (Wildman–Crippen MR) is 111 cm³/mol. The Hall–Kier alpha value is -3.01. The van der Waals surface area contributed by atoms with E-state index in [4.69, 9.17) is 4.74 Å². The number of likely N-dealkylation sites (tertiary alicyclic amines) is 1. The molecule has 162 valence electrons. The summed E-state index contributed by atoms with van der Waals surface area (Å²) in [5.41, 5.74) is -0.376. The molecular formula is C20H27FN6O3. The summed E-state index contributed by atoms with van der Waals surface area (Å²) in [7, 11) is 1.59. The number of ether oxygens (including phenoxy) is 1. The van der Waals surface area contributed by atoms with Crippen molar-refractivity contribution in [2.45, 2.75) is 38.1 Å². The van der Waals surface area contributed by atoms with Gasteiger partial charge in [-0.3, -0.25) is 9.59 Å². The highest BCUT2D eigenvalue weighted by Crippen LogP contribution is 2.21. The van der Waals surface area contributed by atoms with Gasteiger partial charge in [0.1, 0.15) is 17.0 Å². The molecule has 1 aliphatic rings. The van der Waals surface area contributed by atoms with E-state index in [-0.39, 0.29) is 24.6 Å². The Morgan fingerprint density at radius 3 is 2.93 bits per heavy atom. The van der Waals surface area contributed by atoms with E-state index in [0.29, 0.717) is 42.1 Å². The van der Waals surface area contributed by atoms with Gasteiger partial charge >= 0.3 is 0 Å². The van der Waals surface area contributed by atoms with Crippen LogP contribution in [0.15, 0.2) is 25.0 Å². The zero-order valence-electron chi connectivity index (χ0n) is 17.4. The SMILES string of the molecule is C=CC(=O)N1CC[C@@H](Nc2cnc3[nH]cc(C(=O)NCC(C)(C)F)c3n2)[C@@H](OC)C1. The van der Waals surface area contributed by atoms with Crippen LogP contribution in [0, 0.1) is 0 Å². The van der Waals surface area contributed by atoms with Crippen molar-refractivity contribution >= 4 is 28.8 Å². The van der Waals surface area contributed by atoms with E-state index in [1.165, 1.54) is 26.1 Å². The molecule has 1 saturated heterocycles. The van der Waals surface area contributed by atoms with Crippen LogP contribution < -0.4 is 10.6 Å². The van der Waals surface area contributed by atoms with Gasteiger partial charge in [0.2, 0.25) is 5.91 Å². The molecule has 9 nitrogen and oxygen atoms in total. The summed E-state index contributed by atoms with van der Waals surface area (Å²) in [6.45, 7) is 7.20. The van der Waals surface area contributed by atoms with Crippen molar-refractivity contribution in [3.05, 3.63) is 30.6 Å². The van der Waals surface area contributed by atoms with Crippen LogP contribution in [0.1, 0.15) is 30.6 Å². The fraction of sp³-hybridized carbons (Fsp3) is 0.500. The summed E-state index contributed by atoms with van der Waals surface area (Å²) >= 11 is 0. The first-order valence-corrected chi connectivity index (χ1v) is 9.73. The van der Waals surface area contributed by atoms with Crippen molar-refractivity contribution in [3.63, 3.8) is 0 Å². The number of piperidine rings is 1. The van der Waals surface area contributed by atoms with Gasteiger partial charge in [0, 0.05) is 26.4 Å². The summed E-state index contributed by atoms with van der Waals surface area (Å²) in [5.74, 6) is -0.0712. The van der Waals surface area contributed by atoms with Crippen LogP contribution >= 0.6 is 0 Å². The zero-order chi connectivity index (χ0) is 21.9. The number of aromatic nitrogens is 3. The first-order chi connectivity index (χ1) is 14.2. The first-order valence-electron chi connectivity index (χ1n) is 9.73. The summed E-state index contributed by atoms with van der Waals surface area (Å²) in [4.78, 5) is 37.7. The largest absolute Gasteiger partial charge is 0.377 e. The smallest absolute Gasteiger partial charge is 0.255 e. The molecule has 10 heteroatoms. The van der Waals surface area contributed by atoms with Crippen molar-refractivity contribution < 1.29 is 18.7 Å². The van der Waals surface area contributed by atoms with Gasteiger partial charge in [-0.15, -0.1) is 0 Å². The molecule has 2 amide bonds. The summed E-state index contributed by atoms with van der Waals surface area (Å²) in [6, 6.07) is -0.0841. The Kier molecular flexibility index (Phi) is 6.35. The highest BCUT2D eigenvalue weighted by atomic mass is 19.1. The van der Waals surface area contributed by atoms with Crippen molar-refractivity contribution in [2.24, 2.45) is 0 Å². The molecule has 1 aliphatic heterocycles. The van der Waals surface area contributed by atoms with Crippen LogP contribution in [0.2, 0.25) is 0 Å². The molecule has 0 spiro atoms. The minimum Gasteiger partial charge on any atom is -0.377 e. The average molecular weight is 418 g/mol. The summed E-state index contributed by atoms with van der Waals surface area (Å²) in [5, 5.41) is 5.86. The number of carbonyl (C=O) groups excluding carboxylic acids is 2. The maximum absolute atomic E-state index is 13.7. The van der Waals surface area contributed by atoms with Crippen LogP contribution in [0.4, 0.5) is 10.2 Å². The lowest BCUT2D eigenvalue weighted by Gasteiger charge is -2.37. The number of alkyl halides is 1. The molecule has 3 N–H and O–H groups in total. The third-order valence-corrected chi connectivity index (χ3v) is 4.98. The fourth-order valence-electron chi connectivity index (χ4n) is 3.36. The Morgan fingerprint density at radius 2 is 2.27 bits per heavy atom. The van der Waals surface area contributed by atoms with Gasteiger partial charge in [-0.1, -0.05) is 6.58 Å². The van der Waals surface area contributed by atoms with E-state index >= 15 is 0 Å². The highest BCUT2D eigenvalue weighted by molar-refractivity contribution is 6.04. The lowest BCUT2D eigenvalue weighted by molar-refractivity contribution is -0.129. The summed E-state index contributed by atoms with van der Waals surface area (Å²) in [6.07, 6.45) is 4.79. The lowest BCUT2D eigenvalue weighted by atomic mass is 10.0. The molecule has 2 aromatic heterocycles. The Morgan fingerprint density at radius 1 is 1.50 bits per heavy atom. The second kappa shape index (κ2) is 8.78. The highest BCUT2D eigenvalue weighted by Gasteiger charge is 2.31. The normalized spacial score (nSPS) is 19.5. The lowest BCUT2D eigenvalue weighted by Crippen LogP contribution is -2.52. The molecule has 30 heavy (non-hydrogen) atoms. The molecule has 0 aliphatic carbocycles. The maximum atomic E-state index is 13.7. The van der Waals surface area contributed by atoms with Gasteiger partial charge in [-0.25, -0.2) is 14.4 Å². The average Bonchev–Trinajstić information content (AvgIpc) is 3.14. The molecule has 0 aromatic carbocycles. The maximum Gasteiger partial charge on any atom is 0.255 e. The van der Waals surface area contributed by atoms with Crippen LogP contribution in [-0.2, 0) is 9.53 Å². The van der Waals surface area contributed by atoms with Gasteiger partial charge in [0.05, 0.1) is 30.5 Å². The first kappa shape index (κ1) is 21.7. The zero-order valence-corrected chi connectivity index (χ0v) is 17.4. The van der Waals surface area contributed by atoms with E-state index in [0.717, 1.165) is 0 Å². The van der Waals surface area contributed by atoms with Crippen molar-refractivity contribution in [1.82, 2.24) is 25.2 Å². The van der Waals surface area contributed by atoms with E-state index in [9.17, 15) is 14.0 Å². The number of anilines is 1. The number of halogens is 1. The molecule has 0 bridgehead atoms. The van der Waals surface area contributed by atoms with Gasteiger partial charge in [-0.2, -0.15) is 0 Å². The Labute approximate surface area is 174 Å². The Balaban J connectivity index is 1.75. The quantitative estimate of drug-likeness (QED) is 0.590. The van der Waals surface area contributed by atoms with E-state index in [2.05, 4.69) is 32.2 Å². The Bertz CT molecular complexity index is 938. The predicted octanol–water partition coefficient (Wildman–Crippen LogP) is 1.65. The standard InChI is InChI=1S/C20H27FN6O3/c1-5-16(28)27-7-6-13(14(10-27)30-4)25-15-9-23-18-17(26-15)12(8-22-18)19(29)24-11-20(2,3)21/h5,8-9,13-14H,1,6-7,10-11H2,2-4H3,(H,22,23)(H,24,29)(H,25,26)/t13-,14+/m1/s1. The van der Waals surface area contributed by atoms with Crippen molar-refractivity contribution in [3.8, 4) is 0 Å². The molecule has 0 unspecified atom stereocenters. The molecule has 3 heterocycles. The van der Waals surface area contributed by atoms with Gasteiger partial charge in [0.15, 0.2) is 5.65 Å². The topological polar surface area (TPSA) is 112 Å². The number of methoxy groups -OCH3 is 1. The minimum atomic E-state index is -1.52. The van der Waals surface area contributed by atoms with E-state index < -0.39 is 11.6 Å². The van der Waals surface area contributed by atoms with Crippen molar-refractivity contribution in [2.75, 3.05) is 32.1 Å². The van der Waals surface area contributed by atoms with E-state index in [1.54, 1.807) is 18.2 Å². The van der Waals surface area contributed by atoms with Gasteiger partial charge in [0.25, 0.3) is 5.91 Å². The van der Waals surface area contributed by atoms with E-state index in [1.807, 2.05) is 0 Å².